The molecule has 0 heterocycles. The van der Waals surface area contributed by atoms with E-state index in [0.717, 1.165) is 0 Å². The van der Waals surface area contributed by atoms with Crippen LogP contribution in [0.5, 0.6) is 5.75 Å². The molecule has 1 rings (SSSR count). The van der Waals surface area contributed by atoms with Gasteiger partial charge in [0.15, 0.2) is 5.75 Å². The Labute approximate surface area is 130 Å². The standard InChI is InChI=1S/C11H7Br2N3O4/c12-7-3-6(5-15-16-9(17)1-2-14)4-8(13)10(7)20-11(18)19/h3-5H,1H2,(H,16,17)(H,18,19)/b15-5+. The van der Waals surface area contributed by atoms with Crippen molar-refractivity contribution in [1.29, 1.82) is 5.26 Å². The van der Waals surface area contributed by atoms with Gasteiger partial charge in [-0.25, -0.2) is 10.2 Å². The van der Waals surface area contributed by atoms with Crippen molar-refractivity contribution >= 4 is 50.1 Å². The number of hydrogen-bond donors (Lipinski definition) is 2. The third-order valence-electron chi connectivity index (χ3n) is 1.85. The van der Waals surface area contributed by atoms with Gasteiger partial charge < -0.3 is 9.84 Å². The highest BCUT2D eigenvalue weighted by atomic mass is 79.9. The van der Waals surface area contributed by atoms with Crippen molar-refractivity contribution in [2.24, 2.45) is 5.10 Å². The Morgan fingerprint density at radius 2 is 2.05 bits per heavy atom. The Bertz CT molecular complexity index is 587. The highest BCUT2D eigenvalue weighted by Crippen LogP contribution is 2.34. The predicted octanol–water partition coefficient (Wildman–Crippen LogP) is 2.63. The van der Waals surface area contributed by atoms with E-state index in [1.807, 2.05) is 0 Å². The van der Waals surface area contributed by atoms with Gasteiger partial charge in [-0.2, -0.15) is 10.4 Å². The fraction of sp³-hybridized carbons (Fsp3) is 0.0909. The van der Waals surface area contributed by atoms with E-state index in [0.29, 0.717) is 14.5 Å². The molecule has 0 aliphatic carbocycles. The number of carbonyl (C=O) groups excluding carboxylic acids is 1. The molecule has 0 aliphatic heterocycles. The largest absolute Gasteiger partial charge is 0.511 e. The number of ether oxygens (including phenoxy) is 1. The van der Waals surface area contributed by atoms with Crippen LogP contribution in [0.2, 0.25) is 0 Å². The molecule has 20 heavy (non-hydrogen) atoms. The molecule has 0 aromatic heterocycles. The fourth-order valence-electron chi connectivity index (χ4n) is 1.13. The Morgan fingerprint density at radius 1 is 1.45 bits per heavy atom. The van der Waals surface area contributed by atoms with E-state index in [4.69, 9.17) is 10.4 Å². The number of carbonyl (C=O) groups is 2. The Kier molecular flexibility index (Phi) is 6.14. The van der Waals surface area contributed by atoms with Crippen LogP contribution in [0.1, 0.15) is 12.0 Å². The predicted molar refractivity (Wildman–Crippen MR) is 76.5 cm³/mol. The second kappa shape index (κ2) is 7.62. The summed E-state index contributed by atoms with van der Waals surface area (Å²) in [5, 5.41) is 20.5. The molecule has 2 N–H and O–H groups in total. The second-order valence-corrected chi connectivity index (χ2v) is 5.02. The molecule has 7 nitrogen and oxygen atoms in total. The highest BCUT2D eigenvalue weighted by molar-refractivity contribution is 9.11. The van der Waals surface area contributed by atoms with Gasteiger partial charge in [-0.05, 0) is 49.6 Å². The van der Waals surface area contributed by atoms with Crippen molar-refractivity contribution in [3.8, 4) is 11.8 Å². The number of nitriles is 1. The molecule has 0 saturated carbocycles. The third-order valence-corrected chi connectivity index (χ3v) is 3.03. The molecule has 0 spiro atoms. The molecule has 0 bridgehead atoms. The van der Waals surface area contributed by atoms with E-state index in [-0.39, 0.29) is 12.2 Å². The molecule has 0 aliphatic rings. The van der Waals surface area contributed by atoms with E-state index in [1.165, 1.54) is 6.21 Å². The SMILES string of the molecule is N#CCC(=O)N/N=C/c1cc(Br)c(OC(=O)O)c(Br)c1. The maximum absolute atomic E-state index is 11.0. The number of carboxylic acid groups (broad SMARTS) is 1. The van der Waals surface area contributed by atoms with Crippen LogP contribution in [0.25, 0.3) is 0 Å². The number of hydrogen-bond acceptors (Lipinski definition) is 5. The highest BCUT2D eigenvalue weighted by Gasteiger charge is 2.11. The molecule has 0 unspecified atom stereocenters. The van der Waals surface area contributed by atoms with Gasteiger partial charge in [0, 0.05) is 0 Å². The molecule has 0 fully saturated rings. The molecule has 1 aromatic rings. The van der Waals surface area contributed by atoms with Crippen LogP contribution < -0.4 is 10.2 Å². The average molecular weight is 405 g/mol. The Balaban J connectivity index is 2.84. The van der Waals surface area contributed by atoms with Crippen molar-refractivity contribution in [2.75, 3.05) is 0 Å². The van der Waals surface area contributed by atoms with Crippen LogP contribution in [0, 0.1) is 11.3 Å². The molecule has 104 valence electrons. The molecule has 0 atom stereocenters. The monoisotopic (exact) mass is 403 g/mol. The summed E-state index contributed by atoms with van der Waals surface area (Å²) in [4.78, 5) is 21.5. The van der Waals surface area contributed by atoms with Gasteiger partial charge in [0.1, 0.15) is 6.42 Å². The lowest BCUT2D eigenvalue weighted by atomic mass is 10.2. The summed E-state index contributed by atoms with van der Waals surface area (Å²) in [6, 6.07) is 4.80. The number of hydrazone groups is 1. The smallest absolute Gasteiger partial charge is 0.449 e. The van der Waals surface area contributed by atoms with E-state index in [1.54, 1.807) is 18.2 Å². The molecular formula is C11H7Br2N3O4. The summed E-state index contributed by atoms with van der Waals surface area (Å²) in [5.74, 6) is -0.407. The summed E-state index contributed by atoms with van der Waals surface area (Å²) < 4.78 is 5.38. The lowest BCUT2D eigenvalue weighted by Gasteiger charge is -2.06. The van der Waals surface area contributed by atoms with Crippen molar-refractivity contribution in [1.82, 2.24) is 5.43 Å². The van der Waals surface area contributed by atoms with E-state index in [9.17, 15) is 9.59 Å². The zero-order valence-electron chi connectivity index (χ0n) is 9.76. The molecule has 0 radical (unpaired) electrons. The average Bonchev–Trinajstić information content (AvgIpc) is 2.34. The number of amides is 1. The van der Waals surface area contributed by atoms with Crippen LogP contribution in [0.3, 0.4) is 0 Å². The topological polar surface area (TPSA) is 112 Å². The van der Waals surface area contributed by atoms with Gasteiger partial charge in [-0.1, -0.05) is 0 Å². The lowest BCUT2D eigenvalue weighted by molar-refractivity contribution is -0.120. The first-order valence-corrected chi connectivity index (χ1v) is 6.61. The molecular weight excluding hydrogens is 398 g/mol. The van der Waals surface area contributed by atoms with E-state index in [2.05, 4.69) is 47.1 Å². The van der Waals surface area contributed by atoms with Crippen molar-refractivity contribution in [3.05, 3.63) is 26.6 Å². The van der Waals surface area contributed by atoms with Crippen molar-refractivity contribution < 1.29 is 19.4 Å². The minimum atomic E-state index is -1.43. The number of benzene rings is 1. The molecule has 1 aromatic carbocycles. The van der Waals surface area contributed by atoms with Gasteiger partial charge in [0.05, 0.1) is 21.2 Å². The summed E-state index contributed by atoms with van der Waals surface area (Å²) in [5.41, 5.74) is 2.75. The number of rotatable bonds is 4. The quantitative estimate of drug-likeness (QED) is 0.346. The van der Waals surface area contributed by atoms with Crippen LogP contribution in [-0.4, -0.2) is 23.4 Å². The van der Waals surface area contributed by atoms with E-state index >= 15 is 0 Å². The number of nitrogens with one attached hydrogen (secondary N) is 1. The Morgan fingerprint density at radius 3 is 2.55 bits per heavy atom. The molecule has 0 saturated heterocycles. The molecule has 9 heteroatoms. The summed E-state index contributed by atoms with van der Waals surface area (Å²) in [7, 11) is 0. The van der Waals surface area contributed by atoms with Crippen LogP contribution in [-0.2, 0) is 4.79 Å². The van der Waals surface area contributed by atoms with E-state index < -0.39 is 12.1 Å². The van der Waals surface area contributed by atoms with Crippen LogP contribution in [0.15, 0.2) is 26.2 Å². The van der Waals surface area contributed by atoms with Crippen LogP contribution >= 0.6 is 31.9 Å². The zero-order chi connectivity index (χ0) is 15.1. The zero-order valence-corrected chi connectivity index (χ0v) is 12.9. The maximum atomic E-state index is 11.0. The number of halogens is 2. The third kappa shape index (κ3) is 4.99. The second-order valence-electron chi connectivity index (χ2n) is 3.31. The minimum Gasteiger partial charge on any atom is -0.449 e. The fourth-order valence-corrected chi connectivity index (χ4v) is 2.51. The summed E-state index contributed by atoms with van der Waals surface area (Å²) >= 11 is 6.32. The number of nitrogens with zero attached hydrogens (tertiary/aromatic N) is 2. The summed E-state index contributed by atoms with van der Waals surface area (Å²) in [6.45, 7) is 0. The first kappa shape index (κ1) is 16.1. The normalized spacial score (nSPS) is 10.1. The van der Waals surface area contributed by atoms with Crippen molar-refractivity contribution in [3.63, 3.8) is 0 Å². The molecule has 1 amide bonds. The lowest BCUT2D eigenvalue weighted by Crippen LogP contribution is -2.16. The maximum Gasteiger partial charge on any atom is 0.511 e. The minimum absolute atomic E-state index is 0.114. The first-order valence-electron chi connectivity index (χ1n) is 5.02. The van der Waals surface area contributed by atoms with Crippen molar-refractivity contribution in [2.45, 2.75) is 6.42 Å². The van der Waals surface area contributed by atoms with Gasteiger partial charge >= 0.3 is 6.16 Å². The van der Waals surface area contributed by atoms with Gasteiger partial charge in [-0.3, -0.25) is 4.79 Å². The van der Waals surface area contributed by atoms with Gasteiger partial charge in [0.25, 0.3) is 5.91 Å². The van der Waals surface area contributed by atoms with Gasteiger partial charge in [-0.15, -0.1) is 0 Å². The first-order chi connectivity index (χ1) is 9.43. The van der Waals surface area contributed by atoms with Crippen LogP contribution in [0.4, 0.5) is 4.79 Å². The Hall–Kier alpha value is -1.92. The summed E-state index contributed by atoms with van der Waals surface area (Å²) in [6.07, 6.45) is -0.373. The van der Waals surface area contributed by atoms with Gasteiger partial charge in [0.2, 0.25) is 0 Å².